The van der Waals surface area contributed by atoms with Gasteiger partial charge in [0.15, 0.2) is 0 Å². The smallest absolute Gasteiger partial charge is 0.0353 e. The average molecular weight is 283 g/mol. The third kappa shape index (κ3) is 3.76. The Balaban J connectivity index is 3.01. The number of nitrogens with one attached hydrogen (secondary N) is 1. The van der Waals surface area contributed by atoms with Gasteiger partial charge in [-0.15, -0.1) is 0 Å². The Morgan fingerprint density at radius 2 is 1.50 bits per heavy atom. The lowest BCUT2D eigenvalue weighted by atomic mass is 9.67. The van der Waals surface area contributed by atoms with E-state index < -0.39 is 0 Å². The standard InChI is InChI=1S/C18H38N2/c1-8-18(9-2,20(6)7)17(19-10-3)16-12-14(4)11-15(5)13-16/h14-17,19H,8-13H2,1-7H3. The van der Waals surface area contributed by atoms with Gasteiger partial charge in [0.05, 0.1) is 0 Å². The molecule has 20 heavy (non-hydrogen) atoms. The highest BCUT2D eigenvalue weighted by atomic mass is 15.2. The first kappa shape index (κ1) is 18.0. The van der Waals surface area contributed by atoms with Crippen molar-refractivity contribution in [2.45, 2.75) is 78.3 Å². The summed E-state index contributed by atoms with van der Waals surface area (Å²) in [7, 11) is 4.54. The molecule has 0 aromatic carbocycles. The molecule has 0 saturated heterocycles. The Labute approximate surface area is 127 Å². The number of hydrogen-bond donors (Lipinski definition) is 1. The fourth-order valence-corrected chi connectivity index (χ4v) is 4.90. The summed E-state index contributed by atoms with van der Waals surface area (Å²) in [5.74, 6) is 2.60. The van der Waals surface area contributed by atoms with Crippen molar-refractivity contribution in [3.8, 4) is 0 Å². The second kappa shape index (κ2) is 7.79. The van der Waals surface area contributed by atoms with Crippen LogP contribution in [0.2, 0.25) is 0 Å². The first-order chi connectivity index (χ1) is 9.41. The largest absolute Gasteiger partial charge is 0.312 e. The van der Waals surface area contributed by atoms with E-state index in [0.717, 1.165) is 24.3 Å². The molecule has 0 aliphatic heterocycles. The summed E-state index contributed by atoms with van der Waals surface area (Å²) in [6.07, 6.45) is 6.68. The van der Waals surface area contributed by atoms with Crippen LogP contribution in [0.15, 0.2) is 0 Å². The molecule has 0 aromatic rings. The Morgan fingerprint density at radius 1 is 1.00 bits per heavy atom. The van der Waals surface area contributed by atoms with Crippen LogP contribution in [0.25, 0.3) is 0 Å². The summed E-state index contributed by atoms with van der Waals surface area (Å²) in [6, 6.07) is 0.628. The van der Waals surface area contributed by atoms with E-state index >= 15 is 0 Å². The minimum Gasteiger partial charge on any atom is -0.312 e. The summed E-state index contributed by atoms with van der Waals surface area (Å²) >= 11 is 0. The second-order valence-corrected chi connectivity index (χ2v) is 7.42. The third-order valence-electron chi connectivity index (χ3n) is 5.80. The molecule has 1 rings (SSSR count). The van der Waals surface area contributed by atoms with E-state index in [1.807, 2.05) is 0 Å². The molecule has 0 spiro atoms. The van der Waals surface area contributed by atoms with Gasteiger partial charge < -0.3 is 10.2 Å². The molecule has 0 aromatic heterocycles. The summed E-state index contributed by atoms with van der Waals surface area (Å²) < 4.78 is 0. The Hall–Kier alpha value is -0.0800. The summed E-state index contributed by atoms with van der Waals surface area (Å²) in [6.45, 7) is 13.0. The van der Waals surface area contributed by atoms with Gasteiger partial charge in [-0.05, 0) is 70.5 Å². The van der Waals surface area contributed by atoms with Crippen LogP contribution >= 0.6 is 0 Å². The van der Waals surface area contributed by atoms with Gasteiger partial charge in [-0.1, -0.05) is 34.6 Å². The van der Waals surface area contributed by atoms with Crippen LogP contribution in [0.3, 0.4) is 0 Å². The lowest BCUT2D eigenvalue weighted by Crippen LogP contribution is -2.62. The highest BCUT2D eigenvalue weighted by Crippen LogP contribution is 2.40. The molecule has 1 aliphatic carbocycles. The first-order valence-corrected chi connectivity index (χ1v) is 8.81. The molecule has 0 amide bonds. The molecule has 3 atom stereocenters. The molecular formula is C18H38N2. The fraction of sp³-hybridized carbons (Fsp3) is 1.00. The van der Waals surface area contributed by atoms with E-state index in [4.69, 9.17) is 0 Å². The van der Waals surface area contributed by atoms with Crippen molar-refractivity contribution in [3.05, 3.63) is 0 Å². The molecule has 2 nitrogen and oxygen atoms in total. The van der Waals surface area contributed by atoms with E-state index in [0.29, 0.717) is 11.6 Å². The van der Waals surface area contributed by atoms with Crippen LogP contribution in [0.5, 0.6) is 0 Å². The minimum absolute atomic E-state index is 0.303. The van der Waals surface area contributed by atoms with Gasteiger partial charge in [0.2, 0.25) is 0 Å². The quantitative estimate of drug-likeness (QED) is 0.754. The highest BCUT2D eigenvalue weighted by molar-refractivity contribution is 5.01. The number of likely N-dealkylation sites (N-methyl/N-ethyl adjacent to an activating group) is 2. The summed E-state index contributed by atoms with van der Waals surface area (Å²) in [4.78, 5) is 2.49. The Kier molecular flexibility index (Phi) is 7.00. The van der Waals surface area contributed by atoms with E-state index in [-0.39, 0.29) is 0 Å². The van der Waals surface area contributed by atoms with E-state index in [1.165, 1.54) is 32.1 Å². The minimum atomic E-state index is 0.303. The monoisotopic (exact) mass is 282 g/mol. The number of rotatable bonds is 7. The first-order valence-electron chi connectivity index (χ1n) is 8.81. The summed E-state index contributed by atoms with van der Waals surface area (Å²) in [5, 5.41) is 3.88. The van der Waals surface area contributed by atoms with Crippen molar-refractivity contribution < 1.29 is 0 Å². The van der Waals surface area contributed by atoms with Crippen LogP contribution < -0.4 is 5.32 Å². The van der Waals surface area contributed by atoms with Gasteiger partial charge in [-0.3, -0.25) is 0 Å². The van der Waals surface area contributed by atoms with Crippen molar-refractivity contribution in [3.63, 3.8) is 0 Å². The molecule has 0 bridgehead atoms. The van der Waals surface area contributed by atoms with Crippen molar-refractivity contribution >= 4 is 0 Å². The van der Waals surface area contributed by atoms with Gasteiger partial charge in [0.25, 0.3) is 0 Å². The molecule has 0 radical (unpaired) electrons. The maximum Gasteiger partial charge on any atom is 0.0353 e. The number of hydrogen-bond acceptors (Lipinski definition) is 2. The molecule has 1 saturated carbocycles. The predicted octanol–water partition coefficient (Wildman–Crippen LogP) is 4.16. The number of nitrogens with zero attached hydrogens (tertiary/aromatic N) is 1. The molecule has 0 heterocycles. The molecule has 120 valence electrons. The topological polar surface area (TPSA) is 15.3 Å². The second-order valence-electron chi connectivity index (χ2n) is 7.42. The lowest BCUT2D eigenvalue weighted by Gasteiger charge is -2.50. The molecule has 2 heteroatoms. The van der Waals surface area contributed by atoms with Crippen LogP contribution in [0.1, 0.15) is 66.7 Å². The zero-order valence-corrected chi connectivity index (χ0v) is 15.0. The van der Waals surface area contributed by atoms with Gasteiger partial charge in [-0.25, -0.2) is 0 Å². The lowest BCUT2D eigenvalue weighted by molar-refractivity contribution is 0.0346. The predicted molar refractivity (Wildman–Crippen MR) is 90.1 cm³/mol. The molecule has 1 N–H and O–H groups in total. The van der Waals surface area contributed by atoms with Gasteiger partial charge in [0.1, 0.15) is 0 Å². The normalized spacial score (nSPS) is 29.7. The Bertz CT molecular complexity index is 261. The van der Waals surface area contributed by atoms with E-state index in [1.54, 1.807) is 0 Å². The van der Waals surface area contributed by atoms with E-state index in [2.05, 4.69) is 58.9 Å². The molecule has 1 fully saturated rings. The fourth-order valence-electron chi connectivity index (χ4n) is 4.90. The molecule has 1 aliphatic rings. The maximum atomic E-state index is 3.88. The van der Waals surface area contributed by atoms with Crippen LogP contribution in [-0.2, 0) is 0 Å². The Morgan fingerprint density at radius 3 is 1.85 bits per heavy atom. The van der Waals surface area contributed by atoms with Crippen molar-refractivity contribution in [2.24, 2.45) is 17.8 Å². The molecule has 3 unspecified atom stereocenters. The van der Waals surface area contributed by atoms with Gasteiger partial charge in [0, 0.05) is 11.6 Å². The van der Waals surface area contributed by atoms with Gasteiger partial charge in [-0.2, -0.15) is 0 Å². The summed E-state index contributed by atoms with van der Waals surface area (Å²) in [5.41, 5.74) is 0.303. The van der Waals surface area contributed by atoms with Crippen molar-refractivity contribution in [2.75, 3.05) is 20.6 Å². The van der Waals surface area contributed by atoms with E-state index in [9.17, 15) is 0 Å². The van der Waals surface area contributed by atoms with Crippen LogP contribution in [0, 0.1) is 17.8 Å². The zero-order chi connectivity index (χ0) is 15.3. The molecular weight excluding hydrogens is 244 g/mol. The van der Waals surface area contributed by atoms with Crippen LogP contribution in [-0.4, -0.2) is 37.1 Å². The zero-order valence-electron chi connectivity index (χ0n) is 15.0. The highest BCUT2D eigenvalue weighted by Gasteiger charge is 2.43. The van der Waals surface area contributed by atoms with Crippen LogP contribution in [0.4, 0.5) is 0 Å². The van der Waals surface area contributed by atoms with Gasteiger partial charge >= 0.3 is 0 Å². The van der Waals surface area contributed by atoms with Crippen molar-refractivity contribution in [1.82, 2.24) is 10.2 Å². The maximum absolute atomic E-state index is 3.88. The SMILES string of the molecule is CCNC(C1CC(C)CC(C)C1)C(CC)(CC)N(C)C. The average Bonchev–Trinajstić information content (AvgIpc) is 2.38. The third-order valence-corrected chi connectivity index (χ3v) is 5.80. The van der Waals surface area contributed by atoms with Crippen molar-refractivity contribution in [1.29, 1.82) is 0 Å².